The average molecular weight is 200 g/mol. The quantitative estimate of drug-likeness (QED) is 0.426. The number of anilines is 1. The third-order valence-electron chi connectivity index (χ3n) is 2.01. The van der Waals surface area contributed by atoms with Gasteiger partial charge in [0.2, 0.25) is 5.91 Å². The van der Waals surface area contributed by atoms with Crippen LogP contribution in [0.4, 0.5) is 5.69 Å². The zero-order chi connectivity index (χ0) is 11.3. The molecule has 0 aromatic heterocycles. The summed E-state index contributed by atoms with van der Waals surface area (Å²) in [6.07, 6.45) is 4.25. The molecule has 0 aliphatic heterocycles. The zero-order valence-electron chi connectivity index (χ0n) is 8.60. The molecule has 3 heteroatoms. The maximum Gasteiger partial charge on any atom is 0.237 e. The molecule has 0 unspecified atom stereocenters. The van der Waals surface area contributed by atoms with Crippen molar-refractivity contribution >= 4 is 11.6 Å². The highest BCUT2D eigenvalue weighted by molar-refractivity contribution is 5.95. The molecular weight excluding hydrogens is 188 g/mol. The number of hydrogen-bond acceptors (Lipinski definition) is 2. The zero-order valence-corrected chi connectivity index (χ0v) is 8.60. The van der Waals surface area contributed by atoms with E-state index in [1.165, 1.54) is 6.92 Å². The number of nitrogens with zero attached hydrogens (tertiary/aromatic N) is 2. The van der Waals surface area contributed by atoms with E-state index in [2.05, 4.69) is 6.58 Å². The molecule has 0 N–H and O–H groups in total. The highest BCUT2D eigenvalue weighted by Crippen LogP contribution is 2.20. The van der Waals surface area contributed by atoms with E-state index in [4.69, 9.17) is 5.26 Å². The summed E-state index contributed by atoms with van der Waals surface area (Å²) >= 11 is 0. The minimum atomic E-state index is -0.283. The van der Waals surface area contributed by atoms with Gasteiger partial charge in [0.1, 0.15) is 0 Å². The van der Waals surface area contributed by atoms with E-state index in [1.807, 2.05) is 18.3 Å². The van der Waals surface area contributed by atoms with Crippen LogP contribution in [-0.2, 0) is 11.2 Å². The van der Waals surface area contributed by atoms with Crippen molar-refractivity contribution in [1.82, 2.24) is 0 Å². The predicted octanol–water partition coefficient (Wildman–Crippen LogP) is 2.25. The average Bonchev–Trinajstić information content (AvgIpc) is 2.21. The van der Waals surface area contributed by atoms with E-state index in [-0.39, 0.29) is 5.91 Å². The topological polar surface area (TPSA) is 44.1 Å². The van der Waals surface area contributed by atoms with Crippen LogP contribution in [0.25, 0.3) is 0 Å². The van der Waals surface area contributed by atoms with Gasteiger partial charge in [0, 0.05) is 6.92 Å². The van der Waals surface area contributed by atoms with Gasteiger partial charge in [-0.2, -0.15) is 5.26 Å². The van der Waals surface area contributed by atoms with Crippen LogP contribution in [0, 0.1) is 11.5 Å². The minimum absolute atomic E-state index is 0.283. The third-order valence-corrected chi connectivity index (χ3v) is 2.01. The first-order valence-electron chi connectivity index (χ1n) is 4.60. The number of carbonyl (C=O) groups excluding carboxylic acids is 1. The third kappa shape index (κ3) is 2.44. The summed E-state index contributed by atoms with van der Waals surface area (Å²) in [6.45, 7) is 5.01. The van der Waals surface area contributed by atoms with E-state index in [0.29, 0.717) is 12.1 Å². The first kappa shape index (κ1) is 11.0. The van der Waals surface area contributed by atoms with Crippen molar-refractivity contribution in [3.05, 3.63) is 42.5 Å². The summed E-state index contributed by atoms with van der Waals surface area (Å²) in [7, 11) is 0. The largest absolute Gasteiger partial charge is 0.274 e. The fourth-order valence-electron chi connectivity index (χ4n) is 1.35. The number of hydrogen-bond donors (Lipinski definition) is 0. The van der Waals surface area contributed by atoms with Gasteiger partial charge in [-0.05, 0) is 18.1 Å². The molecule has 0 fully saturated rings. The Morgan fingerprint density at radius 3 is 2.80 bits per heavy atom. The van der Waals surface area contributed by atoms with Gasteiger partial charge in [-0.25, -0.2) is 4.90 Å². The Kier molecular flexibility index (Phi) is 3.64. The van der Waals surface area contributed by atoms with Gasteiger partial charge in [-0.15, -0.1) is 6.58 Å². The van der Waals surface area contributed by atoms with Gasteiger partial charge in [0.05, 0.1) is 5.69 Å². The van der Waals surface area contributed by atoms with E-state index >= 15 is 0 Å². The second-order valence-corrected chi connectivity index (χ2v) is 3.08. The Balaban J connectivity index is 3.17. The Morgan fingerprint density at radius 1 is 1.60 bits per heavy atom. The lowest BCUT2D eigenvalue weighted by molar-refractivity contribution is -0.115. The fraction of sp³-hybridized carbons (Fsp3) is 0.167. The van der Waals surface area contributed by atoms with Crippen molar-refractivity contribution in [3.8, 4) is 6.19 Å². The van der Waals surface area contributed by atoms with Crippen LogP contribution in [-0.4, -0.2) is 5.91 Å². The number of para-hydroxylation sites is 1. The molecule has 0 saturated carbocycles. The fourth-order valence-corrected chi connectivity index (χ4v) is 1.35. The molecule has 1 aromatic rings. The maximum absolute atomic E-state index is 11.2. The lowest BCUT2D eigenvalue weighted by Gasteiger charge is -2.14. The number of benzene rings is 1. The van der Waals surface area contributed by atoms with E-state index in [9.17, 15) is 4.79 Å². The predicted molar refractivity (Wildman–Crippen MR) is 59.1 cm³/mol. The molecule has 0 aliphatic rings. The number of allylic oxidation sites excluding steroid dienone is 1. The summed E-state index contributed by atoms with van der Waals surface area (Å²) in [5.41, 5.74) is 1.55. The molecule has 0 bridgehead atoms. The van der Waals surface area contributed by atoms with Crippen LogP contribution >= 0.6 is 0 Å². The first-order chi connectivity index (χ1) is 7.20. The van der Waals surface area contributed by atoms with Gasteiger partial charge < -0.3 is 0 Å². The van der Waals surface area contributed by atoms with Crippen molar-refractivity contribution in [2.75, 3.05) is 4.90 Å². The molecule has 0 radical (unpaired) electrons. The minimum Gasteiger partial charge on any atom is -0.274 e. The van der Waals surface area contributed by atoms with Crippen LogP contribution in [0.1, 0.15) is 12.5 Å². The molecule has 0 heterocycles. The van der Waals surface area contributed by atoms with Crippen LogP contribution in [0.2, 0.25) is 0 Å². The lowest BCUT2D eigenvalue weighted by atomic mass is 10.1. The molecular formula is C12H12N2O. The van der Waals surface area contributed by atoms with Crippen LogP contribution < -0.4 is 4.90 Å². The molecule has 76 valence electrons. The highest BCUT2D eigenvalue weighted by Gasteiger charge is 2.13. The molecule has 0 atom stereocenters. The number of amides is 1. The van der Waals surface area contributed by atoms with Crippen molar-refractivity contribution in [2.45, 2.75) is 13.3 Å². The van der Waals surface area contributed by atoms with Gasteiger partial charge >= 0.3 is 0 Å². The molecule has 15 heavy (non-hydrogen) atoms. The van der Waals surface area contributed by atoms with Crippen molar-refractivity contribution in [1.29, 1.82) is 5.26 Å². The number of carbonyl (C=O) groups is 1. The highest BCUT2D eigenvalue weighted by atomic mass is 16.2. The van der Waals surface area contributed by atoms with Gasteiger partial charge in [0.15, 0.2) is 6.19 Å². The molecule has 1 amide bonds. The Hall–Kier alpha value is -2.08. The van der Waals surface area contributed by atoms with Crippen LogP contribution in [0.15, 0.2) is 36.9 Å². The second-order valence-electron chi connectivity index (χ2n) is 3.08. The Bertz CT molecular complexity index is 418. The van der Waals surface area contributed by atoms with E-state index < -0.39 is 0 Å². The molecule has 1 rings (SSSR count). The smallest absolute Gasteiger partial charge is 0.237 e. The molecule has 3 nitrogen and oxygen atoms in total. The van der Waals surface area contributed by atoms with Crippen molar-refractivity contribution < 1.29 is 4.79 Å². The molecule has 0 spiro atoms. The van der Waals surface area contributed by atoms with Gasteiger partial charge in [-0.1, -0.05) is 24.3 Å². The van der Waals surface area contributed by atoms with E-state index in [1.54, 1.807) is 18.2 Å². The van der Waals surface area contributed by atoms with Gasteiger partial charge in [0.25, 0.3) is 0 Å². The summed E-state index contributed by atoms with van der Waals surface area (Å²) in [5, 5.41) is 8.87. The summed E-state index contributed by atoms with van der Waals surface area (Å²) in [4.78, 5) is 12.3. The lowest BCUT2D eigenvalue weighted by Crippen LogP contribution is -2.23. The monoisotopic (exact) mass is 200 g/mol. The van der Waals surface area contributed by atoms with Gasteiger partial charge in [-0.3, -0.25) is 4.79 Å². The second kappa shape index (κ2) is 4.97. The SMILES string of the molecule is C=CCc1ccccc1N(C#N)C(C)=O. The first-order valence-corrected chi connectivity index (χ1v) is 4.60. The van der Waals surface area contributed by atoms with Crippen molar-refractivity contribution in [2.24, 2.45) is 0 Å². The summed E-state index contributed by atoms with van der Waals surface area (Å²) in [5.74, 6) is -0.283. The van der Waals surface area contributed by atoms with Crippen molar-refractivity contribution in [3.63, 3.8) is 0 Å². The maximum atomic E-state index is 11.2. The summed E-state index contributed by atoms with van der Waals surface area (Å²) in [6, 6.07) is 7.31. The van der Waals surface area contributed by atoms with Crippen LogP contribution in [0.3, 0.4) is 0 Å². The van der Waals surface area contributed by atoms with E-state index in [0.717, 1.165) is 10.5 Å². The standard InChI is InChI=1S/C12H12N2O/c1-3-6-11-7-4-5-8-12(11)14(9-13)10(2)15/h3-5,7-8H,1,6H2,2H3. The molecule has 0 saturated heterocycles. The Morgan fingerprint density at radius 2 is 2.27 bits per heavy atom. The Labute approximate surface area is 89.2 Å². The molecule has 0 aliphatic carbocycles. The summed E-state index contributed by atoms with van der Waals surface area (Å²) < 4.78 is 0. The normalized spacial score (nSPS) is 9.07. The van der Waals surface area contributed by atoms with Crippen LogP contribution in [0.5, 0.6) is 0 Å². The number of nitriles is 1. The number of rotatable bonds is 3. The molecule has 1 aromatic carbocycles.